The Morgan fingerprint density at radius 1 is 1.33 bits per heavy atom. The maximum absolute atomic E-state index is 12.2. The molecular formula is C14H22N2O2. The fourth-order valence-electron chi connectivity index (χ4n) is 1.69. The summed E-state index contributed by atoms with van der Waals surface area (Å²) in [6, 6.07) is 9.19. The third-order valence-electron chi connectivity index (χ3n) is 2.90. The second kappa shape index (κ2) is 7.13. The van der Waals surface area contributed by atoms with Gasteiger partial charge in [-0.1, -0.05) is 44.2 Å². The highest BCUT2D eigenvalue weighted by atomic mass is 16.3. The van der Waals surface area contributed by atoms with E-state index < -0.39 is 6.04 Å². The molecule has 0 heterocycles. The van der Waals surface area contributed by atoms with Crippen LogP contribution in [0.1, 0.15) is 19.4 Å². The number of hydrogen-bond acceptors (Lipinski definition) is 3. The number of hydrogen-bond donors (Lipinski definition) is 2. The average molecular weight is 250 g/mol. The highest BCUT2D eigenvalue weighted by molar-refractivity contribution is 5.81. The van der Waals surface area contributed by atoms with Gasteiger partial charge in [-0.3, -0.25) is 4.79 Å². The van der Waals surface area contributed by atoms with Crippen molar-refractivity contribution in [3.05, 3.63) is 35.9 Å². The monoisotopic (exact) mass is 250 g/mol. The fourth-order valence-corrected chi connectivity index (χ4v) is 1.69. The molecule has 0 aliphatic heterocycles. The summed E-state index contributed by atoms with van der Waals surface area (Å²) in [6.45, 7) is 4.59. The Balaban J connectivity index is 2.73. The normalized spacial score (nSPS) is 12.5. The molecule has 18 heavy (non-hydrogen) atoms. The lowest BCUT2D eigenvalue weighted by atomic mass is 10.0. The summed E-state index contributed by atoms with van der Waals surface area (Å²) >= 11 is 0. The van der Waals surface area contributed by atoms with Gasteiger partial charge in [0.05, 0.1) is 12.6 Å². The van der Waals surface area contributed by atoms with Crippen LogP contribution in [0.15, 0.2) is 30.3 Å². The summed E-state index contributed by atoms with van der Waals surface area (Å²) in [5.74, 6) is -0.0163. The summed E-state index contributed by atoms with van der Waals surface area (Å²) in [5.41, 5.74) is 6.91. The zero-order valence-corrected chi connectivity index (χ0v) is 11.0. The van der Waals surface area contributed by atoms with Gasteiger partial charge in [0, 0.05) is 13.1 Å². The van der Waals surface area contributed by atoms with E-state index >= 15 is 0 Å². The van der Waals surface area contributed by atoms with E-state index in [0.29, 0.717) is 13.1 Å². The Morgan fingerprint density at radius 3 is 2.44 bits per heavy atom. The van der Waals surface area contributed by atoms with E-state index in [0.717, 1.165) is 5.56 Å². The van der Waals surface area contributed by atoms with Crippen molar-refractivity contribution in [2.45, 2.75) is 26.4 Å². The molecule has 1 rings (SSSR count). The minimum Gasteiger partial charge on any atom is -0.395 e. The van der Waals surface area contributed by atoms with Crippen LogP contribution in [0.2, 0.25) is 0 Å². The molecule has 4 nitrogen and oxygen atoms in total. The zero-order valence-electron chi connectivity index (χ0n) is 11.0. The van der Waals surface area contributed by atoms with Crippen LogP contribution in [-0.4, -0.2) is 35.1 Å². The lowest BCUT2D eigenvalue weighted by Crippen LogP contribution is -2.47. The molecule has 0 bridgehead atoms. The molecule has 100 valence electrons. The molecule has 3 N–H and O–H groups in total. The highest BCUT2D eigenvalue weighted by Gasteiger charge is 2.23. The van der Waals surface area contributed by atoms with Crippen LogP contribution in [0.3, 0.4) is 0 Å². The number of nitrogens with zero attached hydrogens (tertiary/aromatic N) is 1. The second-order valence-electron chi connectivity index (χ2n) is 4.74. The Bertz CT molecular complexity index is 365. The van der Waals surface area contributed by atoms with E-state index in [2.05, 4.69) is 0 Å². The van der Waals surface area contributed by atoms with Gasteiger partial charge in [-0.2, -0.15) is 0 Å². The summed E-state index contributed by atoms with van der Waals surface area (Å²) in [7, 11) is 0. The number of amides is 1. The van der Waals surface area contributed by atoms with E-state index in [1.807, 2.05) is 44.2 Å². The molecule has 0 radical (unpaired) electrons. The molecule has 0 aliphatic carbocycles. The molecule has 1 unspecified atom stereocenters. The van der Waals surface area contributed by atoms with E-state index in [1.165, 1.54) is 0 Å². The minimum absolute atomic E-state index is 0.0522. The van der Waals surface area contributed by atoms with Crippen molar-refractivity contribution in [1.29, 1.82) is 0 Å². The second-order valence-corrected chi connectivity index (χ2v) is 4.74. The molecule has 0 spiro atoms. The number of aliphatic hydroxyl groups is 1. The third kappa shape index (κ3) is 4.13. The minimum atomic E-state index is -0.514. The molecule has 1 aromatic rings. The molecule has 0 saturated carbocycles. The molecule has 0 aromatic heterocycles. The Labute approximate surface area is 108 Å². The van der Waals surface area contributed by atoms with Gasteiger partial charge < -0.3 is 15.7 Å². The first-order valence-corrected chi connectivity index (χ1v) is 6.25. The highest BCUT2D eigenvalue weighted by Crippen LogP contribution is 2.08. The predicted molar refractivity (Wildman–Crippen MR) is 71.8 cm³/mol. The van der Waals surface area contributed by atoms with Crippen LogP contribution in [-0.2, 0) is 11.3 Å². The van der Waals surface area contributed by atoms with Crippen molar-refractivity contribution in [1.82, 2.24) is 4.90 Å². The Kier molecular flexibility index (Phi) is 5.82. The molecule has 0 fully saturated rings. The largest absolute Gasteiger partial charge is 0.395 e. The van der Waals surface area contributed by atoms with Crippen LogP contribution < -0.4 is 5.73 Å². The lowest BCUT2D eigenvalue weighted by molar-refractivity contribution is -0.134. The maximum atomic E-state index is 12.2. The number of benzene rings is 1. The number of aliphatic hydroxyl groups excluding tert-OH is 1. The number of carbonyl (C=O) groups excluding carboxylic acids is 1. The number of rotatable bonds is 6. The van der Waals surface area contributed by atoms with Gasteiger partial charge in [-0.15, -0.1) is 0 Å². The van der Waals surface area contributed by atoms with Gasteiger partial charge in [-0.05, 0) is 11.5 Å². The molecule has 0 saturated heterocycles. The topological polar surface area (TPSA) is 66.6 Å². The van der Waals surface area contributed by atoms with Crippen LogP contribution in [0.25, 0.3) is 0 Å². The maximum Gasteiger partial charge on any atom is 0.240 e. The first-order chi connectivity index (χ1) is 8.56. The van der Waals surface area contributed by atoms with E-state index in [9.17, 15) is 4.79 Å². The lowest BCUT2D eigenvalue weighted by Gasteiger charge is -2.26. The van der Waals surface area contributed by atoms with Gasteiger partial charge in [-0.25, -0.2) is 0 Å². The molecule has 0 aliphatic rings. The quantitative estimate of drug-likeness (QED) is 0.791. The Morgan fingerprint density at radius 2 is 1.94 bits per heavy atom. The zero-order chi connectivity index (χ0) is 13.5. The first-order valence-electron chi connectivity index (χ1n) is 6.25. The van der Waals surface area contributed by atoms with Crippen LogP contribution >= 0.6 is 0 Å². The average Bonchev–Trinajstić information content (AvgIpc) is 2.37. The van der Waals surface area contributed by atoms with Gasteiger partial charge in [0.15, 0.2) is 0 Å². The van der Waals surface area contributed by atoms with Crippen molar-refractivity contribution < 1.29 is 9.90 Å². The molecular weight excluding hydrogens is 228 g/mol. The fraction of sp³-hybridized carbons (Fsp3) is 0.500. The number of carbonyl (C=O) groups is 1. The van der Waals surface area contributed by atoms with Crippen LogP contribution in [0.5, 0.6) is 0 Å². The summed E-state index contributed by atoms with van der Waals surface area (Å²) < 4.78 is 0. The molecule has 1 aromatic carbocycles. The Hall–Kier alpha value is -1.39. The molecule has 1 amide bonds. The van der Waals surface area contributed by atoms with Crippen molar-refractivity contribution in [3.8, 4) is 0 Å². The van der Waals surface area contributed by atoms with Crippen LogP contribution in [0.4, 0.5) is 0 Å². The van der Waals surface area contributed by atoms with Crippen molar-refractivity contribution in [2.75, 3.05) is 13.2 Å². The standard InChI is InChI=1S/C14H22N2O2/c1-11(2)13(15)14(18)16(8-9-17)10-12-6-4-3-5-7-12/h3-7,11,13,17H,8-10,15H2,1-2H3. The first kappa shape index (κ1) is 14.7. The summed E-state index contributed by atoms with van der Waals surface area (Å²) in [6.07, 6.45) is 0. The van der Waals surface area contributed by atoms with E-state index in [4.69, 9.17) is 10.8 Å². The van der Waals surface area contributed by atoms with Gasteiger partial charge >= 0.3 is 0 Å². The third-order valence-corrected chi connectivity index (χ3v) is 2.90. The van der Waals surface area contributed by atoms with E-state index in [1.54, 1.807) is 4.90 Å². The van der Waals surface area contributed by atoms with Crippen LogP contribution in [0, 0.1) is 5.92 Å². The number of nitrogens with two attached hydrogens (primary N) is 1. The smallest absolute Gasteiger partial charge is 0.240 e. The summed E-state index contributed by atoms with van der Waals surface area (Å²) in [4.78, 5) is 13.8. The van der Waals surface area contributed by atoms with Crippen molar-refractivity contribution in [3.63, 3.8) is 0 Å². The van der Waals surface area contributed by atoms with Gasteiger partial charge in [0.2, 0.25) is 5.91 Å². The predicted octanol–water partition coefficient (Wildman–Crippen LogP) is 0.991. The van der Waals surface area contributed by atoms with Gasteiger partial charge in [0.25, 0.3) is 0 Å². The SMILES string of the molecule is CC(C)C(N)C(=O)N(CCO)Cc1ccccc1. The van der Waals surface area contributed by atoms with Crippen molar-refractivity contribution in [2.24, 2.45) is 11.7 Å². The molecule has 4 heteroatoms. The van der Waals surface area contributed by atoms with Gasteiger partial charge in [0.1, 0.15) is 0 Å². The van der Waals surface area contributed by atoms with Crippen molar-refractivity contribution >= 4 is 5.91 Å². The summed E-state index contributed by atoms with van der Waals surface area (Å²) in [5, 5.41) is 9.05. The molecule has 1 atom stereocenters. The van der Waals surface area contributed by atoms with E-state index in [-0.39, 0.29) is 18.4 Å².